The molecule has 188 valence electrons. The minimum atomic E-state index is -0.149. The second-order valence-electron chi connectivity index (χ2n) is 8.84. The smallest absolute Gasteiger partial charge is 0.247 e. The number of nitrogens with zero attached hydrogens (tertiary/aromatic N) is 1. The summed E-state index contributed by atoms with van der Waals surface area (Å²) in [6, 6.07) is 31.2. The lowest BCUT2D eigenvalue weighted by atomic mass is 10.1. The Morgan fingerprint density at radius 2 is 1.55 bits per heavy atom. The average molecular weight is 540 g/mol. The Labute approximate surface area is 230 Å². The van der Waals surface area contributed by atoms with Crippen molar-refractivity contribution in [1.82, 2.24) is 4.90 Å². The van der Waals surface area contributed by atoms with E-state index in [1.54, 1.807) is 41.3 Å². The number of carbonyl (C=O) groups excluding carboxylic acids is 1. The Morgan fingerprint density at radius 3 is 2.32 bits per heavy atom. The van der Waals surface area contributed by atoms with Crippen LogP contribution in [0.4, 0.5) is 0 Å². The molecule has 0 unspecified atom stereocenters. The van der Waals surface area contributed by atoms with E-state index < -0.39 is 0 Å². The molecule has 0 saturated heterocycles. The summed E-state index contributed by atoms with van der Waals surface area (Å²) in [6.07, 6.45) is 3.36. The van der Waals surface area contributed by atoms with E-state index in [-0.39, 0.29) is 11.3 Å². The third kappa shape index (κ3) is 6.05. The highest BCUT2D eigenvalue weighted by Crippen LogP contribution is 2.25. The van der Waals surface area contributed by atoms with Gasteiger partial charge in [0.1, 0.15) is 11.3 Å². The Kier molecular flexibility index (Phi) is 7.73. The zero-order chi connectivity index (χ0) is 26.5. The Morgan fingerprint density at radius 1 is 0.816 bits per heavy atom. The highest BCUT2D eigenvalue weighted by atomic mass is 35.5. The molecule has 0 aliphatic heterocycles. The lowest BCUT2D eigenvalue weighted by molar-refractivity contribution is -0.127. The number of para-hydroxylation sites is 1. The fourth-order valence-electron chi connectivity index (χ4n) is 4.15. The molecule has 0 atom stereocenters. The monoisotopic (exact) mass is 539 g/mol. The minimum absolute atomic E-state index is 0.0901. The quantitative estimate of drug-likeness (QED) is 0.197. The first-order chi connectivity index (χ1) is 18.5. The maximum Gasteiger partial charge on any atom is 0.247 e. The van der Waals surface area contributed by atoms with Gasteiger partial charge in [-0.05, 0) is 47.0 Å². The van der Waals surface area contributed by atoms with Crippen LogP contribution in [0.1, 0.15) is 16.7 Å². The summed E-state index contributed by atoms with van der Waals surface area (Å²) in [5, 5.41) is 1.59. The fourth-order valence-corrected chi connectivity index (χ4v) is 4.61. The summed E-state index contributed by atoms with van der Waals surface area (Å²) in [5.74, 6) is 0.344. The Balaban J connectivity index is 1.40. The van der Waals surface area contributed by atoms with Crippen molar-refractivity contribution in [2.24, 2.45) is 0 Å². The van der Waals surface area contributed by atoms with E-state index >= 15 is 0 Å². The van der Waals surface area contributed by atoms with Gasteiger partial charge in [0.15, 0.2) is 5.43 Å². The maximum atomic E-state index is 13.3. The van der Waals surface area contributed by atoms with Gasteiger partial charge in [-0.1, -0.05) is 96.0 Å². The van der Waals surface area contributed by atoms with E-state index in [0.717, 1.165) is 22.3 Å². The second-order valence-corrected chi connectivity index (χ2v) is 9.69. The van der Waals surface area contributed by atoms with Crippen molar-refractivity contribution >= 4 is 46.2 Å². The van der Waals surface area contributed by atoms with Crippen LogP contribution in [-0.2, 0) is 17.9 Å². The molecule has 0 radical (unpaired) electrons. The van der Waals surface area contributed by atoms with Crippen molar-refractivity contribution in [3.63, 3.8) is 0 Å². The fraction of sp³-hybridized carbons (Fsp3) is 0.0625. The van der Waals surface area contributed by atoms with E-state index in [0.29, 0.717) is 39.9 Å². The molecule has 0 bridgehead atoms. The zero-order valence-corrected chi connectivity index (χ0v) is 21.8. The van der Waals surface area contributed by atoms with Gasteiger partial charge in [-0.2, -0.15) is 0 Å². The van der Waals surface area contributed by atoms with Gasteiger partial charge in [-0.3, -0.25) is 9.59 Å². The molecule has 0 N–H and O–H groups in total. The minimum Gasteiger partial charge on any atom is -0.456 e. The van der Waals surface area contributed by atoms with Crippen LogP contribution in [0.25, 0.3) is 28.4 Å². The van der Waals surface area contributed by atoms with Gasteiger partial charge < -0.3 is 9.32 Å². The van der Waals surface area contributed by atoms with E-state index in [4.69, 9.17) is 27.6 Å². The van der Waals surface area contributed by atoms with E-state index in [1.807, 2.05) is 72.8 Å². The lowest BCUT2D eigenvalue weighted by Gasteiger charge is -2.22. The van der Waals surface area contributed by atoms with Gasteiger partial charge in [-0.15, -0.1) is 0 Å². The first-order valence-electron chi connectivity index (χ1n) is 12.0. The first-order valence-corrected chi connectivity index (χ1v) is 12.8. The summed E-state index contributed by atoms with van der Waals surface area (Å²) in [6.45, 7) is 0.675. The van der Waals surface area contributed by atoms with Gasteiger partial charge in [-0.25, -0.2) is 0 Å². The van der Waals surface area contributed by atoms with Crippen LogP contribution < -0.4 is 5.43 Å². The molecule has 4 nitrogen and oxygen atoms in total. The molecule has 38 heavy (non-hydrogen) atoms. The molecule has 6 heteroatoms. The van der Waals surface area contributed by atoms with Crippen molar-refractivity contribution in [2.45, 2.75) is 13.1 Å². The van der Waals surface area contributed by atoms with Gasteiger partial charge in [0.2, 0.25) is 5.91 Å². The average Bonchev–Trinajstić information content (AvgIpc) is 2.93. The van der Waals surface area contributed by atoms with Crippen LogP contribution in [0.2, 0.25) is 10.0 Å². The van der Waals surface area contributed by atoms with Crippen LogP contribution in [-0.4, -0.2) is 10.8 Å². The number of halogens is 2. The molecular formula is C32H23Cl2NO3. The summed E-state index contributed by atoms with van der Waals surface area (Å²) in [4.78, 5) is 27.5. The Hall–Kier alpha value is -4.12. The first kappa shape index (κ1) is 25.5. The maximum absolute atomic E-state index is 13.3. The highest BCUT2D eigenvalue weighted by Gasteiger charge is 2.15. The van der Waals surface area contributed by atoms with Crippen LogP contribution in [0.5, 0.6) is 0 Å². The molecule has 0 saturated carbocycles. The summed E-state index contributed by atoms with van der Waals surface area (Å²) in [5.41, 5.74) is 3.88. The van der Waals surface area contributed by atoms with E-state index in [2.05, 4.69) is 0 Å². The topological polar surface area (TPSA) is 50.5 Å². The molecule has 1 aromatic heterocycles. The summed E-state index contributed by atoms with van der Waals surface area (Å²) in [7, 11) is 0. The van der Waals surface area contributed by atoms with E-state index in [9.17, 15) is 9.59 Å². The predicted octanol–water partition coefficient (Wildman–Crippen LogP) is 8.01. The van der Waals surface area contributed by atoms with Crippen molar-refractivity contribution < 1.29 is 9.21 Å². The van der Waals surface area contributed by atoms with Crippen LogP contribution >= 0.6 is 23.2 Å². The molecule has 0 aliphatic carbocycles. The second kappa shape index (κ2) is 11.5. The number of fused-ring (bicyclic) bond motifs is 1. The molecule has 0 aliphatic rings. The van der Waals surface area contributed by atoms with Gasteiger partial charge in [0.25, 0.3) is 0 Å². The number of carbonyl (C=O) groups is 1. The van der Waals surface area contributed by atoms with Gasteiger partial charge in [0.05, 0.1) is 5.39 Å². The number of rotatable bonds is 7. The largest absolute Gasteiger partial charge is 0.456 e. The van der Waals surface area contributed by atoms with Crippen molar-refractivity contribution in [1.29, 1.82) is 0 Å². The lowest BCUT2D eigenvalue weighted by Crippen LogP contribution is -2.28. The summed E-state index contributed by atoms with van der Waals surface area (Å²) < 4.78 is 5.96. The van der Waals surface area contributed by atoms with Gasteiger partial charge in [0, 0.05) is 40.8 Å². The van der Waals surface area contributed by atoms with E-state index in [1.165, 1.54) is 6.07 Å². The highest BCUT2D eigenvalue weighted by molar-refractivity contribution is 6.35. The predicted molar refractivity (Wildman–Crippen MR) is 154 cm³/mol. The number of benzene rings is 4. The third-order valence-corrected chi connectivity index (χ3v) is 6.74. The Bertz CT molecular complexity index is 1680. The van der Waals surface area contributed by atoms with Crippen LogP contribution in [0, 0.1) is 0 Å². The number of hydrogen-bond donors (Lipinski definition) is 0. The van der Waals surface area contributed by atoms with Crippen LogP contribution in [0.3, 0.4) is 0 Å². The molecule has 4 aromatic carbocycles. The molecule has 0 spiro atoms. The normalized spacial score (nSPS) is 11.2. The van der Waals surface area contributed by atoms with Crippen molar-refractivity contribution in [3.05, 3.63) is 146 Å². The standard InChI is InChI=1S/C32H23Cl2NO3/c33-26-16-15-25(28(34)18-26)21-35(32(37)17-12-22-6-2-1-3-7-22)20-23-10-13-24(14-11-23)31-19-29(36)27-8-4-5-9-30(27)38-31/h1-19H,20-21H2/b17-12+. The van der Waals surface area contributed by atoms with Crippen molar-refractivity contribution in [2.75, 3.05) is 0 Å². The zero-order valence-electron chi connectivity index (χ0n) is 20.3. The third-order valence-electron chi connectivity index (χ3n) is 6.15. The molecule has 5 aromatic rings. The number of amides is 1. The SMILES string of the molecule is O=C(/C=C/c1ccccc1)N(Cc1ccc(-c2cc(=O)c3ccccc3o2)cc1)Cc1ccc(Cl)cc1Cl. The van der Waals surface area contributed by atoms with Crippen molar-refractivity contribution in [3.8, 4) is 11.3 Å². The molecule has 1 amide bonds. The van der Waals surface area contributed by atoms with Gasteiger partial charge >= 0.3 is 0 Å². The van der Waals surface area contributed by atoms with Crippen LogP contribution in [0.15, 0.2) is 118 Å². The summed E-state index contributed by atoms with van der Waals surface area (Å²) >= 11 is 12.5. The number of hydrogen-bond acceptors (Lipinski definition) is 3. The molecule has 0 fully saturated rings. The molecule has 5 rings (SSSR count). The molecular weight excluding hydrogens is 517 g/mol. The molecule has 1 heterocycles.